The van der Waals surface area contributed by atoms with Crippen molar-refractivity contribution in [2.45, 2.75) is 31.5 Å². The third kappa shape index (κ3) is 4.17. The van der Waals surface area contributed by atoms with E-state index in [1.807, 2.05) is 0 Å². The van der Waals surface area contributed by atoms with Crippen molar-refractivity contribution in [2.75, 3.05) is 13.6 Å². The minimum absolute atomic E-state index is 0. The van der Waals surface area contributed by atoms with Gasteiger partial charge in [0.25, 0.3) is 0 Å². The molecule has 0 aromatic rings. The van der Waals surface area contributed by atoms with Gasteiger partial charge in [0, 0.05) is 13.0 Å². The van der Waals surface area contributed by atoms with E-state index in [0.29, 0.717) is 6.42 Å². The Bertz CT molecular complexity index is 247. The summed E-state index contributed by atoms with van der Waals surface area (Å²) in [5, 5.41) is 8.54. The summed E-state index contributed by atoms with van der Waals surface area (Å²) in [4.78, 5) is 11.6. The molecule has 16 heavy (non-hydrogen) atoms. The lowest BCUT2D eigenvalue weighted by Gasteiger charge is -2.37. The average molecular weight is 262 g/mol. The smallest absolute Gasteiger partial charge is 0.404 e. The van der Waals surface area contributed by atoms with Crippen LogP contribution in [0.15, 0.2) is 0 Å². The molecule has 1 fully saturated rings. The molecule has 2 atom stereocenters. The van der Waals surface area contributed by atoms with Gasteiger partial charge in [-0.25, -0.2) is 0 Å². The molecule has 2 unspecified atom stereocenters. The Morgan fingerprint density at radius 1 is 1.44 bits per heavy atom. The number of hydrogen-bond donors (Lipinski definition) is 1. The van der Waals surface area contributed by atoms with Crippen molar-refractivity contribution in [2.24, 2.45) is 5.92 Å². The number of halogens is 4. The van der Waals surface area contributed by atoms with E-state index in [2.05, 4.69) is 0 Å². The van der Waals surface area contributed by atoms with Gasteiger partial charge in [-0.15, -0.1) is 12.4 Å². The fourth-order valence-electron chi connectivity index (χ4n) is 2.07. The van der Waals surface area contributed by atoms with Crippen LogP contribution in [0.2, 0.25) is 0 Å². The maximum atomic E-state index is 12.4. The number of piperidine rings is 1. The van der Waals surface area contributed by atoms with E-state index in [4.69, 9.17) is 5.11 Å². The van der Waals surface area contributed by atoms with Crippen LogP contribution in [0.3, 0.4) is 0 Å². The minimum atomic E-state index is -4.21. The fourth-order valence-corrected chi connectivity index (χ4v) is 2.07. The molecule has 1 heterocycles. The maximum Gasteiger partial charge on any atom is 0.404 e. The Morgan fingerprint density at radius 2 is 2.00 bits per heavy atom. The van der Waals surface area contributed by atoms with Gasteiger partial charge in [-0.2, -0.15) is 13.2 Å². The number of rotatable bonds is 2. The molecule has 0 bridgehead atoms. The summed E-state index contributed by atoms with van der Waals surface area (Å²) in [7, 11) is 1.40. The van der Waals surface area contributed by atoms with Gasteiger partial charge in [-0.1, -0.05) is 0 Å². The van der Waals surface area contributed by atoms with Gasteiger partial charge in [-0.05, 0) is 25.8 Å². The summed E-state index contributed by atoms with van der Waals surface area (Å²) in [6, 6.07) is -1.41. The van der Waals surface area contributed by atoms with E-state index in [1.165, 1.54) is 11.9 Å². The second-order valence-corrected chi connectivity index (χ2v) is 4.04. The van der Waals surface area contributed by atoms with Crippen LogP contribution in [0.1, 0.15) is 19.3 Å². The largest absolute Gasteiger partial charge is 0.481 e. The van der Waals surface area contributed by atoms with Crippen molar-refractivity contribution in [1.29, 1.82) is 0 Å². The number of carboxylic acid groups (broad SMARTS) is 1. The van der Waals surface area contributed by atoms with Crippen molar-refractivity contribution < 1.29 is 23.1 Å². The van der Waals surface area contributed by atoms with Crippen LogP contribution in [-0.2, 0) is 4.79 Å². The molecule has 1 rings (SSSR count). The normalized spacial score (nSPS) is 27.2. The molecule has 0 saturated carbocycles. The SMILES string of the molecule is CN1CC(CC(=O)O)CCC1C(F)(F)F.Cl. The van der Waals surface area contributed by atoms with Gasteiger partial charge in [0.15, 0.2) is 0 Å². The van der Waals surface area contributed by atoms with Crippen molar-refractivity contribution in [1.82, 2.24) is 4.90 Å². The molecule has 0 radical (unpaired) electrons. The number of alkyl halides is 3. The van der Waals surface area contributed by atoms with Gasteiger partial charge >= 0.3 is 12.1 Å². The van der Waals surface area contributed by atoms with Crippen LogP contribution in [0.25, 0.3) is 0 Å². The van der Waals surface area contributed by atoms with Crippen molar-refractivity contribution in [3.8, 4) is 0 Å². The van der Waals surface area contributed by atoms with Crippen LogP contribution >= 0.6 is 12.4 Å². The predicted octanol–water partition coefficient (Wildman–Crippen LogP) is 2.16. The molecule has 3 nitrogen and oxygen atoms in total. The molecule has 1 aliphatic heterocycles. The fraction of sp³-hybridized carbons (Fsp3) is 0.889. The number of aliphatic carboxylic acids is 1. The molecule has 0 spiro atoms. The summed E-state index contributed by atoms with van der Waals surface area (Å²) in [6.45, 7) is 0.205. The van der Waals surface area contributed by atoms with Crippen LogP contribution in [0, 0.1) is 5.92 Å². The molecule has 1 aliphatic rings. The average Bonchev–Trinajstić information content (AvgIpc) is 1.99. The van der Waals surface area contributed by atoms with Crippen molar-refractivity contribution in [3.63, 3.8) is 0 Å². The first-order chi connectivity index (χ1) is 6.80. The highest BCUT2D eigenvalue weighted by Crippen LogP contribution is 2.33. The highest BCUT2D eigenvalue weighted by Gasteiger charge is 2.44. The van der Waals surface area contributed by atoms with E-state index in [0.717, 1.165) is 0 Å². The van der Waals surface area contributed by atoms with Crippen LogP contribution in [-0.4, -0.2) is 41.8 Å². The number of carboxylic acids is 1. The highest BCUT2D eigenvalue weighted by molar-refractivity contribution is 5.85. The number of hydrogen-bond acceptors (Lipinski definition) is 2. The third-order valence-electron chi connectivity index (χ3n) is 2.77. The van der Waals surface area contributed by atoms with Crippen LogP contribution < -0.4 is 0 Å². The Balaban J connectivity index is 0.00000225. The molecule has 0 aromatic heterocycles. The van der Waals surface area contributed by atoms with Gasteiger partial charge in [0.2, 0.25) is 0 Å². The number of carbonyl (C=O) groups is 1. The second kappa shape index (κ2) is 5.72. The first kappa shape index (κ1) is 15.5. The molecular formula is C9H15ClF3NO2. The van der Waals surface area contributed by atoms with Crippen molar-refractivity contribution >= 4 is 18.4 Å². The first-order valence-corrected chi connectivity index (χ1v) is 4.79. The molecule has 0 amide bonds. The molecule has 0 aromatic carbocycles. The minimum Gasteiger partial charge on any atom is -0.481 e. The highest BCUT2D eigenvalue weighted by atomic mass is 35.5. The zero-order valence-corrected chi connectivity index (χ0v) is 9.64. The zero-order valence-electron chi connectivity index (χ0n) is 8.83. The van der Waals surface area contributed by atoms with Gasteiger partial charge < -0.3 is 5.11 Å². The molecule has 96 valence electrons. The number of nitrogens with zero attached hydrogens (tertiary/aromatic N) is 1. The van der Waals surface area contributed by atoms with Gasteiger partial charge in [-0.3, -0.25) is 9.69 Å². The van der Waals surface area contributed by atoms with Crippen molar-refractivity contribution in [3.05, 3.63) is 0 Å². The zero-order chi connectivity index (χ0) is 11.6. The van der Waals surface area contributed by atoms with E-state index >= 15 is 0 Å². The van der Waals surface area contributed by atoms with E-state index in [1.54, 1.807) is 0 Å². The molecular weight excluding hydrogens is 247 g/mol. The Morgan fingerprint density at radius 3 is 2.38 bits per heavy atom. The number of likely N-dealkylation sites (tertiary alicyclic amines) is 1. The second-order valence-electron chi connectivity index (χ2n) is 4.04. The lowest BCUT2D eigenvalue weighted by molar-refractivity contribution is -0.190. The van der Waals surface area contributed by atoms with E-state index in [9.17, 15) is 18.0 Å². The van der Waals surface area contributed by atoms with Gasteiger partial charge in [0.05, 0.1) is 0 Å². The summed E-state index contributed by atoms with van der Waals surface area (Å²) in [5.74, 6) is -1.11. The lowest BCUT2D eigenvalue weighted by atomic mass is 9.90. The third-order valence-corrected chi connectivity index (χ3v) is 2.77. The Hall–Kier alpha value is -0.490. The molecule has 7 heteroatoms. The standard InChI is InChI=1S/C9H14F3NO2.ClH/c1-13-5-6(4-8(14)15)2-3-7(13)9(10,11)12;/h6-7H,2-5H2,1H3,(H,14,15);1H. The molecule has 0 aliphatic carbocycles. The molecule has 1 N–H and O–H groups in total. The summed E-state index contributed by atoms with van der Waals surface area (Å²) < 4.78 is 37.3. The summed E-state index contributed by atoms with van der Waals surface area (Å²) in [5.41, 5.74) is 0. The Labute approximate surface area is 98.0 Å². The van der Waals surface area contributed by atoms with E-state index in [-0.39, 0.29) is 37.7 Å². The van der Waals surface area contributed by atoms with Gasteiger partial charge in [0.1, 0.15) is 6.04 Å². The van der Waals surface area contributed by atoms with Crippen LogP contribution in [0.5, 0.6) is 0 Å². The monoisotopic (exact) mass is 261 g/mol. The maximum absolute atomic E-state index is 12.4. The first-order valence-electron chi connectivity index (χ1n) is 4.79. The predicted molar refractivity (Wildman–Crippen MR) is 54.7 cm³/mol. The summed E-state index contributed by atoms with van der Waals surface area (Å²) in [6.07, 6.45) is -3.92. The lowest BCUT2D eigenvalue weighted by Crippen LogP contribution is -2.49. The quantitative estimate of drug-likeness (QED) is 0.828. The summed E-state index contributed by atoms with van der Waals surface area (Å²) >= 11 is 0. The Kier molecular flexibility index (Phi) is 5.55. The molecule has 1 saturated heterocycles. The topological polar surface area (TPSA) is 40.5 Å². The van der Waals surface area contributed by atoms with E-state index < -0.39 is 18.2 Å². The van der Waals surface area contributed by atoms with Crippen LogP contribution in [0.4, 0.5) is 13.2 Å².